The van der Waals surface area contributed by atoms with Gasteiger partial charge in [0.15, 0.2) is 0 Å². The van der Waals surface area contributed by atoms with Gasteiger partial charge in [-0.25, -0.2) is 12.8 Å². The minimum Gasteiger partial charge on any atom is -0.398 e. The molecule has 1 heterocycles. The Morgan fingerprint density at radius 2 is 2.18 bits per heavy atom. The summed E-state index contributed by atoms with van der Waals surface area (Å²) in [4.78, 5) is -0.133. The molecule has 1 aromatic carbocycles. The fourth-order valence-corrected chi connectivity index (χ4v) is 3.69. The van der Waals surface area contributed by atoms with Gasteiger partial charge in [0.05, 0.1) is 5.69 Å². The molecule has 0 aromatic heterocycles. The van der Waals surface area contributed by atoms with E-state index in [0.717, 1.165) is 18.6 Å². The predicted molar refractivity (Wildman–Crippen MR) is 63.4 cm³/mol. The minimum absolute atomic E-state index is 0.0888. The van der Waals surface area contributed by atoms with E-state index in [0.29, 0.717) is 19.0 Å². The van der Waals surface area contributed by atoms with E-state index in [-0.39, 0.29) is 10.6 Å². The van der Waals surface area contributed by atoms with Crippen molar-refractivity contribution in [1.29, 1.82) is 0 Å². The predicted octanol–water partition coefficient (Wildman–Crippen LogP) is 1.44. The maximum Gasteiger partial charge on any atom is 0.245 e. The van der Waals surface area contributed by atoms with Gasteiger partial charge in [0.1, 0.15) is 10.7 Å². The number of halogens is 1. The van der Waals surface area contributed by atoms with Crippen molar-refractivity contribution in [1.82, 2.24) is 4.31 Å². The fourth-order valence-electron chi connectivity index (χ4n) is 1.98. The molecule has 0 spiro atoms. The molecular formula is C11H15FN2O2S. The van der Waals surface area contributed by atoms with E-state index in [9.17, 15) is 12.8 Å². The number of anilines is 1. The Labute approximate surface area is 100 Å². The zero-order valence-corrected chi connectivity index (χ0v) is 10.4. The van der Waals surface area contributed by atoms with Gasteiger partial charge in [0.25, 0.3) is 0 Å². The van der Waals surface area contributed by atoms with Gasteiger partial charge in [-0.05, 0) is 30.5 Å². The largest absolute Gasteiger partial charge is 0.398 e. The number of hydrogen-bond acceptors (Lipinski definition) is 3. The molecule has 2 N–H and O–H groups in total. The lowest BCUT2D eigenvalue weighted by Gasteiger charge is -2.17. The highest BCUT2D eigenvalue weighted by atomic mass is 32.2. The monoisotopic (exact) mass is 258 g/mol. The van der Waals surface area contributed by atoms with Crippen molar-refractivity contribution in [3.05, 3.63) is 24.0 Å². The molecule has 0 amide bonds. The summed E-state index contributed by atoms with van der Waals surface area (Å²) in [6, 6.07) is 3.41. The molecule has 1 atom stereocenters. The Balaban J connectivity index is 2.41. The number of benzene rings is 1. The lowest BCUT2D eigenvalue weighted by molar-refractivity contribution is 0.464. The number of nitrogens with zero attached hydrogens (tertiary/aromatic N) is 1. The zero-order chi connectivity index (χ0) is 12.6. The normalized spacial score (nSPS) is 21.9. The second-order valence-electron chi connectivity index (χ2n) is 4.44. The molecule has 1 aromatic rings. The molecule has 0 bridgehead atoms. The Morgan fingerprint density at radius 3 is 2.76 bits per heavy atom. The lowest BCUT2D eigenvalue weighted by Crippen LogP contribution is -2.29. The van der Waals surface area contributed by atoms with Crippen molar-refractivity contribution >= 4 is 15.7 Å². The molecule has 4 nitrogen and oxygen atoms in total. The molecule has 1 aliphatic rings. The van der Waals surface area contributed by atoms with E-state index in [1.807, 2.05) is 6.92 Å². The van der Waals surface area contributed by atoms with Crippen LogP contribution in [0.5, 0.6) is 0 Å². The SMILES string of the molecule is CC1CCN(S(=O)(=O)c2cc(F)ccc2N)C1. The summed E-state index contributed by atoms with van der Waals surface area (Å²) in [5.74, 6) is -0.260. The van der Waals surface area contributed by atoms with E-state index in [1.54, 1.807) is 0 Å². The van der Waals surface area contributed by atoms with Gasteiger partial charge in [-0.3, -0.25) is 0 Å². The van der Waals surface area contributed by atoms with Crippen molar-refractivity contribution in [2.24, 2.45) is 5.92 Å². The van der Waals surface area contributed by atoms with E-state index in [2.05, 4.69) is 0 Å². The fraction of sp³-hybridized carbons (Fsp3) is 0.455. The summed E-state index contributed by atoms with van der Waals surface area (Å²) in [6.45, 7) is 2.93. The van der Waals surface area contributed by atoms with Gasteiger partial charge in [-0.15, -0.1) is 0 Å². The van der Waals surface area contributed by atoms with Gasteiger partial charge in [-0.1, -0.05) is 6.92 Å². The van der Waals surface area contributed by atoms with Crippen LogP contribution < -0.4 is 5.73 Å². The van der Waals surface area contributed by atoms with Gasteiger partial charge < -0.3 is 5.73 Å². The van der Waals surface area contributed by atoms with Crippen LogP contribution in [0, 0.1) is 11.7 Å². The van der Waals surface area contributed by atoms with Crippen LogP contribution in [0.15, 0.2) is 23.1 Å². The van der Waals surface area contributed by atoms with Gasteiger partial charge in [0, 0.05) is 13.1 Å². The van der Waals surface area contributed by atoms with Crippen LogP contribution in [0.25, 0.3) is 0 Å². The average molecular weight is 258 g/mol. The topological polar surface area (TPSA) is 63.4 Å². The third-order valence-corrected chi connectivity index (χ3v) is 4.90. The van der Waals surface area contributed by atoms with E-state index < -0.39 is 15.8 Å². The second kappa shape index (κ2) is 4.27. The molecule has 17 heavy (non-hydrogen) atoms. The Bertz CT molecular complexity index is 530. The van der Waals surface area contributed by atoms with Crippen LogP contribution in [0.4, 0.5) is 10.1 Å². The van der Waals surface area contributed by atoms with E-state index in [4.69, 9.17) is 5.73 Å². The first-order valence-electron chi connectivity index (χ1n) is 5.46. The van der Waals surface area contributed by atoms with Crippen LogP contribution >= 0.6 is 0 Å². The lowest BCUT2D eigenvalue weighted by atomic mass is 10.2. The van der Waals surface area contributed by atoms with Crippen molar-refractivity contribution in [3.8, 4) is 0 Å². The first-order chi connectivity index (χ1) is 7.91. The van der Waals surface area contributed by atoms with Gasteiger partial charge in [-0.2, -0.15) is 4.31 Å². The first-order valence-corrected chi connectivity index (χ1v) is 6.90. The number of nitrogens with two attached hydrogens (primary N) is 1. The number of rotatable bonds is 2. The molecule has 1 saturated heterocycles. The first kappa shape index (κ1) is 12.3. The number of sulfonamides is 1. The average Bonchev–Trinajstić information content (AvgIpc) is 2.69. The number of nitrogen functional groups attached to an aromatic ring is 1. The summed E-state index contributed by atoms with van der Waals surface area (Å²) < 4.78 is 38.9. The highest BCUT2D eigenvalue weighted by Crippen LogP contribution is 2.27. The van der Waals surface area contributed by atoms with Crippen molar-refractivity contribution < 1.29 is 12.8 Å². The van der Waals surface area contributed by atoms with Crippen molar-refractivity contribution in [2.75, 3.05) is 18.8 Å². The molecular weight excluding hydrogens is 243 g/mol. The van der Waals surface area contributed by atoms with Crippen molar-refractivity contribution in [3.63, 3.8) is 0 Å². The van der Waals surface area contributed by atoms with E-state index in [1.165, 1.54) is 10.4 Å². The van der Waals surface area contributed by atoms with Gasteiger partial charge >= 0.3 is 0 Å². The Morgan fingerprint density at radius 1 is 1.47 bits per heavy atom. The smallest absolute Gasteiger partial charge is 0.245 e. The van der Waals surface area contributed by atoms with Crippen LogP contribution in [0.2, 0.25) is 0 Å². The van der Waals surface area contributed by atoms with E-state index >= 15 is 0 Å². The summed E-state index contributed by atoms with van der Waals surface area (Å²) >= 11 is 0. The minimum atomic E-state index is -3.66. The summed E-state index contributed by atoms with van der Waals surface area (Å²) in [5.41, 5.74) is 5.69. The van der Waals surface area contributed by atoms with Crippen LogP contribution in [0.3, 0.4) is 0 Å². The van der Waals surface area contributed by atoms with Crippen molar-refractivity contribution in [2.45, 2.75) is 18.2 Å². The third kappa shape index (κ3) is 2.28. The van der Waals surface area contributed by atoms with Crippen LogP contribution in [-0.4, -0.2) is 25.8 Å². The van der Waals surface area contributed by atoms with Crippen LogP contribution in [0.1, 0.15) is 13.3 Å². The summed E-state index contributed by atoms with van der Waals surface area (Å²) in [7, 11) is -3.66. The summed E-state index contributed by atoms with van der Waals surface area (Å²) in [5, 5.41) is 0. The molecule has 0 saturated carbocycles. The quantitative estimate of drug-likeness (QED) is 0.816. The molecule has 1 fully saturated rings. The second-order valence-corrected chi connectivity index (χ2v) is 6.35. The highest BCUT2D eigenvalue weighted by molar-refractivity contribution is 7.89. The maximum absolute atomic E-state index is 13.1. The molecule has 1 aliphatic heterocycles. The highest BCUT2D eigenvalue weighted by Gasteiger charge is 2.32. The van der Waals surface area contributed by atoms with Crippen LogP contribution in [-0.2, 0) is 10.0 Å². The molecule has 2 rings (SSSR count). The molecule has 0 aliphatic carbocycles. The maximum atomic E-state index is 13.1. The standard InChI is InChI=1S/C11H15FN2O2S/c1-8-4-5-14(7-8)17(15,16)11-6-9(12)2-3-10(11)13/h2-3,6,8H,4-5,7,13H2,1H3. The molecule has 0 radical (unpaired) electrons. The summed E-state index contributed by atoms with van der Waals surface area (Å²) in [6.07, 6.45) is 0.828. The zero-order valence-electron chi connectivity index (χ0n) is 9.56. The molecule has 94 valence electrons. The molecule has 6 heteroatoms. The Hall–Kier alpha value is -1.14. The molecule has 1 unspecified atom stereocenters. The number of hydrogen-bond donors (Lipinski definition) is 1. The van der Waals surface area contributed by atoms with Gasteiger partial charge in [0.2, 0.25) is 10.0 Å². The third-order valence-electron chi connectivity index (χ3n) is 2.98. The Kier molecular flexibility index (Phi) is 3.09.